The number of carboxylic acids is 1. The van der Waals surface area contributed by atoms with Gasteiger partial charge in [0, 0.05) is 6.42 Å². The van der Waals surface area contributed by atoms with Gasteiger partial charge in [-0.25, -0.2) is 13.9 Å². The number of aromatic nitrogens is 2. The maximum absolute atomic E-state index is 11.0. The summed E-state index contributed by atoms with van der Waals surface area (Å²) in [5.41, 5.74) is 0. The normalized spacial score (nSPS) is 10.7. The van der Waals surface area contributed by atoms with Gasteiger partial charge in [-0.2, -0.15) is 5.26 Å². The molecule has 1 rings (SSSR count). The summed E-state index contributed by atoms with van der Waals surface area (Å²) >= 11 is 0. The first kappa shape index (κ1) is 20.2. The fraction of sp³-hybridized carbons (Fsp3) is 0.737. The van der Waals surface area contributed by atoms with Gasteiger partial charge in [-0.05, 0) is 6.42 Å². The molecule has 0 saturated heterocycles. The van der Waals surface area contributed by atoms with E-state index in [9.17, 15) is 4.79 Å². The van der Waals surface area contributed by atoms with Crippen LogP contribution in [0.25, 0.3) is 0 Å². The van der Waals surface area contributed by atoms with Gasteiger partial charge in [-0.3, -0.25) is 0 Å². The van der Waals surface area contributed by atoms with Crippen molar-refractivity contribution < 1.29 is 14.5 Å². The van der Waals surface area contributed by atoms with E-state index < -0.39 is 5.97 Å². The Kier molecular flexibility index (Phi) is 10.6. The Hall–Kier alpha value is -1.83. The van der Waals surface area contributed by atoms with Crippen LogP contribution in [0.15, 0.2) is 12.4 Å². The lowest BCUT2D eigenvalue weighted by molar-refractivity contribution is -0.692. The monoisotopic (exact) mass is 334 g/mol. The molecule has 0 atom stereocenters. The van der Waals surface area contributed by atoms with Crippen molar-refractivity contribution in [3.63, 3.8) is 0 Å². The molecule has 0 aliphatic heterocycles. The maximum Gasteiger partial charge on any atom is 0.346 e. The van der Waals surface area contributed by atoms with Gasteiger partial charge in [0.1, 0.15) is 18.9 Å². The van der Waals surface area contributed by atoms with Crippen molar-refractivity contribution in [3.8, 4) is 6.07 Å². The minimum Gasteiger partial charge on any atom is -0.478 e. The fourth-order valence-electron chi connectivity index (χ4n) is 3.04. The van der Waals surface area contributed by atoms with E-state index in [0.29, 0.717) is 13.0 Å². The SMILES string of the molecule is CCCCCCCCCCCc1n(CCC#N)cc[n+]1CC(=O)O. The zero-order valence-corrected chi connectivity index (χ0v) is 15.0. The topological polar surface area (TPSA) is 69.9 Å². The van der Waals surface area contributed by atoms with Crippen LogP contribution in [-0.4, -0.2) is 15.6 Å². The molecule has 0 bridgehead atoms. The first-order chi connectivity index (χ1) is 11.7. The predicted octanol–water partition coefficient (Wildman–Crippen LogP) is 3.85. The summed E-state index contributed by atoms with van der Waals surface area (Å²) in [7, 11) is 0. The number of carboxylic acid groups (broad SMARTS) is 1. The Bertz CT molecular complexity index is 517. The summed E-state index contributed by atoms with van der Waals surface area (Å²) in [6.07, 6.45) is 16.5. The van der Waals surface area contributed by atoms with Crippen molar-refractivity contribution in [2.75, 3.05) is 0 Å². The molecule has 5 heteroatoms. The molecule has 1 heterocycles. The van der Waals surface area contributed by atoms with E-state index in [1.165, 1.54) is 51.4 Å². The Morgan fingerprint density at radius 1 is 1.17 bits per heavy atom. The van der Waals surface area contributed by atoms with Crippen molar-refractivity contribution in [3.05, 3.63) is 18.2 Å². The molecule has 5 nitrogen and oxygen atoms in total. The summed E-state index contributed by atoms with van der Waals surface area (Å²) in [5, 5.41) is 17.8. The molecule has 1 aromatic heterocycles. The van der Waals surface area contributed by atoms with Crippen LogP contribution in [0.4, 0.5) is 0 Å². The number of carbonyl (C=O) groups is 1. The molecule has 24 heavy (non-hydrogen) atoms. The third-order valence-corrected chi connectivity index (χ3v) is 4.36. The van der Waals surface area contributed by atoms with Gasteiger partial charge in [0.05, 0.1) is 12.5 Å². The quantitative estimate of drug-likeness (QED) is 0.415. The molecular formula is C19H32N3O2+. The largest absolute Gasteiger partial charge is 0.478 e. The van der Waals surface area contributed by atoms with Crippen molar-refractivity contribution in [1.29, 1.82) is 5.26 Å². The van der Waals surface area contributed by atoms with Crippen LogP contribution in [-0.2, 0) is 24.3 Å². The summed E-state index contributed by atoms with van der Waals surface area (Å²) in [5.74, 6) is 0.196. The highest BCUT2D eigenvalue weighted by molar-refractivity contribution is 5.64. The molecule has 0 radical (unpaired) electrons. The average molecular weight is 334 g/mol. The van der Waals surface area contributed by atoms with Gasteiger partial charge in [0.15, 0.2) is 6.54 Å². The summed E-state index contributed by atoms with van der Waals surface area (Å²) in [6, 6.07) is 2.15. The van der Waals surface area contributed by atoms with Gasteiger partial charge >= 0.3 is 5.97 Å². The highest BCUT2D eigenvalue weighted by Gasteiger charge is 2.18. The molecule has 0 aliphatic rings. The summed E-state index contributed by atoms with van der Waals surface area (Å²) < 4.78 is 3.82. The third kappa shape index (κ3) is 8.14. The van der Waals surface area contributed by atoms with Gasteiger partial charge in [-0.1, -0.05) is 58.3 Å². The average Bonchev–Trinajstić information content (AvgIpc) is 2.92. The van der Waals surface area contributed by atoms with Crippen LogP contribution in [0.5, 0.6) is 0 Å². The minimum absolute atomic E-state index is 0.00762. The number of aliphatic carboxylic acids is 1. The highest BCUT2D eigenvalue weighted by atomic mass is 16.4. The minimum atomic E-state index is -0.827. The molecule has 1 aromatic rings. The number of hydrogen-bond donors (Lipinski definition) is 1. The Morgan fingerprint density at radius 2 is 1.79 bits per heavy atom. The van der Waals surface area contributed by atoms with Crippen LogP contribution in [0.2, 0.25) is 0 Å². The zero-order chi connectivity index (χ0) is 17.6. The van der Waals surface area contributed by atoms with E-state index in [-0.39, 0.29) is 6.54 Å². The Morgan fingerprint density at radius 3 is 2.38 bits per heavy atom. The molecule has 0 aliphatic carbocycles. The van der Waals surface area contributed by atoms with Gasteiger partial charge in [0.25, 0.3) is 5.82 Å². The van der Waals surface area contributed by atoms with Crippen molar-refractivity contribution in [2.45, 2.75) is 90.6 Å². The molecule has 0 aromatic carbocycles. The smallest absolute Gasteiger partial charge is 0.346 e. The highest BCUT2D eigenvalue weighted by Crippen LogP contribution is 2.11. The number of nitrogens with zero attached hydrogens (tertiary/aromatic N) is 3. The number of imidazole rings is 1. The van der Waals surface area contributed by atoms with E-state index >= 15 is 0 Å². The second-order valence-corrected chi connectivity index (χ2v) is 6.42. The van der Waals surface area contributed by atoms with Gasteiger partial charge in [0.2, 0.25) is 0 Å². The van der Waals surface area contributed by atoms with Crippen LogP contribution < -0.4 is 4.57 Å². The summed E-state index contributed by atoms with van der Waals surface area (Å²) in [4.78, 5) is 11.0. The van der Waals surface area contributed by atoms with Crippen LogP contribution in [0.3, 0.4) is 0 Å². The lowest BCUT2D eigenvalue weighted by Crippen LogP contribution is -2.40. The third-order valence-electron chi connectivity index (χ3n) is 4.36. The number of unbranched alkanes of at least 4 members (excludes halogenated alkanes) is 8. The summed E-state index contributed by atoms with van der Waals surface area (Å²) in [6.45, 7) is 2.87. The molecule has 0 unspecified atom stereocenters. The van der Waals surface area contributed by atoms with Crippen LogP contribution >= 0.6 is 0 Å². The first-order valence-electron chi connectivity index (χ1n) is 9.35. The Balaban J connectivity index is 2.35. The van der Waals surface area contributed by atoms with E-state index in [4.69, 9.17) is 10.4 Å². The molecule has 0 spiro atoms. The molecule has 134 valence electrons. The van der Waals surface area contributed by atoms with Gasteiger partial charge in [-0.15, -0.1) is 0 Å². The number of nitriles is 1. The van der Waals surface area contributed by atoms with Gasteiger partial charge < -0.3 is 5.11 Å². The van der Waals surface area contributed by atoms with Crippen molar-refractivity contribution in [2.24, 2.45) is 0 Å². The number of rotatable bonds is 14. The van der Waals surface area contributed by atoms with Crippen molar-refractivity contribution in [1.82, 2.24) is 4.57 Å². The predicted molar refractivity (Wildman–Crippen MR) is 93.4 cm³/mol. The lowest BCUT2D eigenvalue weighted by atomic mass is 10.1. The standard InChI is InChI=1S/C19H31N3O2/c1-2-3-4-5-6-7-8-9-10-12-18-21(14-11-13-20)15-16-22(18)17-19(23)24/h15-16H,2-12,14,17H2,1H3/p+1. The van der Waals surface area contributed by atoms with E-state index in [0.717, 1.165) is 18.7 Å². The van der Waals surface area contributed by atoms with E-state index in [1.54, 1.807) is 4.57 Å². The lowest BCUT2D eigenvalue weighted by Gasteiger charge is -2.04. The number of hydrogen-bond acceptors (Lipinski definition) is 2. The molecule has 1 N–H and O–H groups in total. The van der Waals surface area contributed by atoms with Crippen LogP contribution in [0, 0.1) is 11.3 Å². The van der Waals surface area contributed by atoms with E-state index in [2.05, 4.69) is 13.0 Å². The first-order valence-corrected chi connectivity index (χ1v) is 9.35. The second-order valence-electron chi connectivity index (χ2n) is 6.42. The second kappa shape index (κ2) is 12.6. The zero-order valence-electron chi connectivity index (χ0n) is 15.0. The Labute approximate surface area is 145 Å². The number of aryl methyl sites for hydroxylation is 1. The van der Waals surface area contributed by atoms with Crippen LogP contribution in [0.1, 0.15) is 77.0 Å². The molecule has 0 fully saturated rings. The molecule has 0 saturated carbocycles. The molecule has 0 amide bonds. The van der Waals surface area contributed by atoms with E-state index in [1.807, 2.05) is 17.0 Å². The fourth-order valence-corrected chi connectivity index (χ4v) is 3.04. The van der Waals surface area contributed by atoms with Crippen molar-refractivity contribution >= 4 is 5.97 Å². The maximum atomic E-state index is 11.0. The molecular weight excluding hydrogens is 302 g/mol.